The Balaban J connectivity index is 1.54. The standard InChI is InChI=1S/C13H18N4O/c18-13(16-12-10-14-15-11-12)6-2-1-3-7-17-8-4-5-9-17/h4-5,8-11H,1-3,6-7H2,(H,14,15)(H,16,18). The Morgan fingerprint density at radius 1 is 1.28 bits per heavy atom. The van der Waals surface area contributed by atoms with Gasteiger partial charge in [-0.25, -0.2) is 0 Å². The largest absolute Gasteiger partial charge is 0.354 e. The molecule has 2 rings (SSSR count). The zero-order valence-corrected chi connectivity index (χ0v) is 10.3. The van der Waals surface area contributed by atoms with Crippen molar-refractivity contribution in [3.05, 3.63) is 36.9 Å². The van der Waals surface area contributed by atoms with Crippen LogP contribution in [0.4, 0.5) is 5.69 Å². The molecule has 18 heavy (non-hydrogen) atoms. The van der Waals surface area contributed by atoms with E-state index in [4.69, 9.17) is 0 Å². The average molecular weight is 246 g/mol. The van der Waals surface area contributed by atoms with Crippen LogP contribution in [0.15, 0.2) is 36.9 Å². The van der Waals surface area contributed by atoms with Crippen LogP contribution in [0.5, 0.6) is 0 Å². The molecule has 0 aliphatic rings. The predicted molar refractivity (Wildman–Crippen MR) is 70.1 cm³/mol. The lowest BCUT2D eigenvalue weighted by molar-refractivity contribution is -0.116. The van der Waals surface area contributed by atoms with E-state index >= 15 is 0 Å². The number of anilines is 1. The van der Waals surface area contributed by atoms with Gasteiger partial charge in [0.25, 0.3) is 0 Å². The number of unbranched alkanes of at least 4 members (excludes halogenated alkanes) is 2. The fourth-order valence-corrected chi connectivity index (χ4v) is 1.82. The molecule has 2 heterocycles. The Labute approximate surface area is 106 Å². The molecule has 0 radical (unpaired) electrons. The van der Waals surface area contributed by atoms with E-state index in [0.29, 0.717) is 6.42 Å². The number of aryl methyl sites for hydroxylation is 1. The van der Waals surface area contributed by atoms with E-state index in [0.717, 1.165) is 31.5 Å². The first-order valence-electron chi connectivity index (χ1n) is 6.24. The van der Waals surface area contributed by atoms with Crippen LogP contribution in [-0.2, 0) is 11.3 Å². The van der Waals surface area contributed by atoms with Crippen LogP contribution >= 0.6 is 0 Å². The Morgan fingerprint density at radius 3 is 2.83 bits per heavy atom. The lowest BCUT2D eigenvalue weighted by Gasteiger charge is -2.03. The highest BCUT2D eigenvalue weighted by atomic mass is 16.1. The van der Waals surface area contributed by atoms with Crippen molar-refractivity contribution in [2.45, 2.75) is 32.2 Å². The fourth-order valence-electron chi connectivity index (χ4n) is 1.82. The zero-order chi connectivity index (χ0) is 12.6. The topological polar surface area (TPSA) is 62.7 Å². The molecular formula is C13H18N4O. The van der Waals surface area contributed by atoms with E-state index < -0.39 is 0 Å². The number of aromatic nitrogens is 3. The number of nitrogens with one attached hydrogen (secondary N) is 2. The maximum atomic E-state index is 11.5. The van der Waals surface area contributed by atoms with Crippen molar-refractivity contribution in [2.24, 2.45) is 0 Å². The van der Waals surface area contributed by atoms with E-state index in [1.54, 1.807) is 12.4 Å². The first-order valence-corrected chi connectivity index (χ1v) is 6.24. The molecule has 0 bridgehead atoms. The lowest BCUT2D eigenvalue weighted by Crippen LogP contribution is -2.10. The lowest BCUT2D eigenvalue weighted by atomic mass is 10.2. The third-order valence-corrected chi connectivity index (χ3v) is 2.77. The van der Waals surface area contributed by atoms with Crippen LogP contribution in [0, 0.1) is 0 Å². The van der Waals surface area contributed by atoms with Gasteiger partial charge in [0.1, 0.15) is 0 Å². The van der Waals surface area contributed by atoms with Crippen molar-refractivity contribution in [3.63, 3.8) is 0 Å². The summed E-state index contributed by atoms with van der Waals surface area (Å²) in [6.45, 7) is 1.02. The molecule has 0 fully saturated rings. The molecule has 96 valence electrons. The van der Waals surface area contributed by atoms with Crippen molar-refractivity contribution < 1.29 is 4.79 Å². The van der Waals surface area contributed by atoms with Crippen LogP contribution in [-0.4, -0.2) is 20.7 Å². The maximum Gasteiger partial charge on any atom is 0.224 e. The van der Waals surface area contributed by atoms with Gasteiger partial charge in [-0.1, -0.05) is 6.42 Å². The van der Waals surface area contributed by atoms with Crippen LogP contribution in [0.1, 0.15) is 25.7 Å². The summed E-state index contributed by atoms with van der Waals surface area (Å²) in [7, 11) is 0. The minimum atomic E-state index is 0.0531. The van der Waals surface area contributed by atoms with Gasteiger partial charge in [-0.2, -0.15) is 5.10 Å². The summed E-state index contributed by atoms with van der Waals surface area (Å²) in [4.78, 5) is 11.5. The summed E-state index contributed by atoms with van der Waals surface area (Å²) in [5, 5.41) is 9.22. The number of carbonyl (C=O) groups excluding carboxylic acids is 1. The van der Waals surface area contributed by atoms with Crippen LogP contribution < -0.4 is 5.32 Å². The highest BCUT2D eigenvalue weighted by Crippen LogP contribution is 2.06. The van der Waals surface area contributed by atoms with E-state index in [9.17, 15) is 4.79 Å². The minimum Gasteiger partial charge on any atom is -0.354 e. The average Bonchev–Trinajstić information content (AvgIpc) is 3.01. The highest BCUT2D eigenvalue weighted by Gasteiger charge is 2.02. The van der Waals surface area contributed by atoms with Gasteiger partial charge in [0.15, 0.2) is 0 Å². The second kappa shape index (κ2) is 6.64. The summed E-state index contributed by atoms with van der Waals surface area (Å²) in [5.41, 5.74) is 0.729. The number of amides is 1. The molecule has 0 spiro atoms. The molecule has 0 aliphatic carbocycles. The van der Waals surface area contributed by atoms with E-state index in [1.165, 1.54) is 0 Å². The molecule has 0 unspecified atom stereocenters. The third kappa shape index (κ3) is 4.08. The van der Waals surface area contributed by atoms with E-state index in [-0.39, 0.29) is 5.91 Å². The molecule has 2 N–H and O–H groups in total. The first kappa shape index (κ1) is 12.4. The van der Waals surface area contributed by atoms with Crippen LogP contribution in [0.3, 0.4) is 0 Å². The van der Waals surface area contributed by atoms with Crippen LogP contribution in [0.25, 0.3) is 0 Å². The quantitative estimate of drug-likeness (QED) is 0.737. The van der Waals surface area contributed by atoms with Gasteiger partial charge in [-0.3, -0.25) is 9.89 Å². The van der Waals surface area contributed by atoms with Crippen molar-refractivity contribution in [1.29, 1.82) is 0 Å². The Hall–Kier alpha value is -2.04. The van der Waals surface area contributed by atoms with Crippen molar-refractivity contribution in [2.75, 3.05) is 5.32 Å². The minimum absolute atomic E-state index is 0.0531. The number of rotatable bonds is 7. The van der Waals surface area contributed by atoms with E-state index in [1.807, 2.05) is 12.1 Å². The zero-order valence-electron chi connectivity index (χ0n) is 10.3. The second-order valence-corrected chi connectivity index (χ2v) is 4.27. The number of aromatic amines is 1. The molecule has 2 aromatic heterocycles. The van der Waals surface area contributed by atoms with Gasteiger partial charge in [-0.05, 0) is 25.0 Å². The summed E-state index contributed by atoms with van der Waals surface area (Å²) >= 11 is 0. The smallest absolute Gasteiger partial charge is 0.224 e. The number of hydrogen-bond donors (Lipinski definition) is 2. The maximum absolute atomic E-state index is 11.5. The van der Waals surface area contributed by atoms with Crippen molar-refractivity contribution >= 4 is 11.6 Å². The van der Waals surface area contributed by atoms with Gasteiger partial charge in [0, 0.05) is 31.6 Å². The van der Waals surface area contributed by atoms with Crippen LogP contribution in [0.2, 0.25) is 0 Å². The summed E-state index contributed by atoms with van der Waals surface area (Å²) in [6.07, 6.45) is 11.1. The summed E-state index contributed by atoms with van der Waals surface area (Å²) in [5.74, 6) is 0.0531. The molecule has 0 aromatic carbocycles. The Kier molecular flexibility index (Phi) is 4.58. The Morgan fingerprint density at radius 2 is 2.11 bits per heavy atom. The Bertz CT molecular complexity index is 447. The predicted octanol–water partition coefficient (Wildman–Crippen LogP) is 2.41. The van der Waals surface area contributed by atoms with Crippen molar-refractivity contribution in [3.8, 4) is 0 Å². The van der Waals surface area contributed by atoms with Gasteiger partial charge < -0.3 is 9.88 Å². The third-order valence-electron chi connectivity index (χ3n) is 2.77. The molecule has 0 atom stereocenters. The van der Waals surface area contributed by atoms with E-state index in [2.05, 4.69) is 32.5 Å². The first-order chi connectivity index (χ1) is 8.84. The summed E-state index contributed by atoms with van der Waals surface area (Å²) in [6, 6.07) is 4.05. The molecule has 0 aliphatic heterocycles. The molecule has 1 amide bonds. The number of nitrogens with zero attached hydrogens (tertiary/aromatic N) is 2. The van der Waals surface area contributed by atoms with Gasteiger partial charge in [0.05, 0.1) is 11.9 Å². The molecule has 0 saturated heterocycles. The van der Waals surface area contributed by atoms with Gasteiger partial charge in [-0.15, -0.1) is 0 Å². The van der Waals surface area contributed by atoms with Gasteiger partial charge in [0.2, 0.25) is 5.91 Å². The normalized spacial score (nSPS) is 10.4. The molecule has 5 nitrogen and oxygen atoms in total. The second-order valence-electron chi connectivity index (χ2n) is 4.27. The number of carbonyl (C=O) groups is 1. The molecule has 2 aromatic rings. The van der Waals surface area contributed by atoms with Gasteiger partial charge >= 0.3 is 0 Å². The SMILES string of the molecule is O=C(CCCCCn1cccc1)Nc1cn[nH]c1. The molecular weight excluding hydrogens is 228 g/mol. The number of H-pyrrole nitrogens is 1. The fraction of sp³-hybridized carbons (Fsp3) is 0.385. The molecule has 5 heteroatoms. The monoisotopic (exact) mass is 246 g/mol. The molecule has 0 saturated carbocycles. The van der Waals surface area contributed by atoms with Crippen molar-refractivity contribution in [1.82, 2.24) is 14.8 Å². The summed E-state index contributed by atoms with van der Waals surface area (Å²) < 4.78 is 2.16. The highest BCUT2D eigenvalue weighted by molar-refractivity contribution is 5.90. The number of hydrogen-bond acceptors (Lipinski definition) is 2.